The lowest BCUT2D eigenvalue weighted by Gasteiger charge is -2.16. The first-order valence-electron chi connectivity index (χ1n) is 10.3. The Bertz CT molecular complexity index is 742. The van der Waals surface area contributed by atoms with Crippen LogP contribution >= 0.6 is 27.5 Å². The molecule has 0 aromatic heterocycles. The molecule has 0 fully saturated rings. The van der Waals surface area contributed by atoms with Crippen molar-refractivity contribution in [3.8, 4) is 11.5 Å². The van der Waals surface area contributed by atoms with E-state index in [9.17, 15) is 0 Å². The number of unbranched alkanes of at least 4 members (excludes halogenated alkanes) is 1. The first-order valence-corrected chi connectivity index (χ1v) is 11.4. The number of nitrogens with one attached hydrogen (secondary N) is 1. The molecule has 29 heavy (non-hydrogen) atoms. The van der Waals surface area contributed by atoms with Crippen LogP contribution in [0.25, 0.3) is 0 Å². The molecule has 1 N–H and O–H groups in total. The van der Waals surface area contributed by atoms with Crippen molar-refractivity contribution in [2.24, 2.45) is 0 Å². The van der Waals surface area contributed by atoms with E-state index in [-0.39, 0.29) is 0 Å². The summed E-state index contributed by atoms with van der Waals surface area (Å²) in [4.78, 5) is 0. The second kappa shape index (κ2) is 13.9. The molecule has 0 heterocycles. The first kappa shape index (κ1) is 24.0. The lowest BCUT2D eigenvalue weighted by molar-refractivity contribution is 0.129. The van der Waals surface area contributed by atoms with Gasteiger partial charge in [0.2, 0.25) is 0 Å². The minimum atomic E-state index is 0.383. The summed E-state index contributed by atoms with van der Waals surface area (Å²) in [6.45, 7) is 8.43. The molecule has 160 valence electrons. The third kappa shape index (κ3) is 8.55. The second-order valence-corrected chi connectivity index (χ2v) is 7.98. The number of rotatable bonds is 14. The van der Waals surface area contributed by atoms with E-state index in [1.54, 1.807) is 0 Å². The molecular weight excluding hydrogens is 454 g/mol. The van der Waals surface area contributed by atoms with E-state index in [1.165, 1.54) is 6.42 Å². The number of hydrogen-bond donors (Lipinski definition) is 1. The molecule has 0 unspecified atom stereocenters. The van der Waals surface area contributed by atoms with Crippen LogP contribution in [0.4, 0.5) is 0 Å². The van der Waals surface area contributed by atoms with Crippen molar-refractivity contribution >= 4 is 27.5 Å². The molecule has 2 aromatic rings. The molecule has 0 saturated carbocycles. The van der Waals surface area contributed by atoms with Gasteiger partial charge in [-0.2, -0.15) is 0 Å². The Labute approximate surface area is 188 Å². The van der Waals surface area contributed by atoms with Gasteiger partial charge in [-0.3, -0.25) is 0 Å². The summed E-state index contributed by atoms with van der Waals surface area (Å²) in [5.41, 5.74) is 2.08. The fourth-order valence-corrected chi connectivity index (χ4v) is 3.57. The Hall–Kier alpha value is -1.27. The highest BCUT2D eigenvalue weighted by Gasteiger charge is 2.13. The van der Waals surface area contributed by atoms with Gasteiger partial charge in [0.15, 0.2) is 11.5 Å². The van der Waals surface area contributed by atoms with Gasteiger partial charge in [0.1, 0.15) is 6.61 Å². The average molecular weight is 485 g/mol. The maximum atomic E-state index is 6.23. The molecule has 0 amide bonds. The summed E-state index contributed by atoms with van der Waals surface area (Å²) in [5, 5.41) is 4.15. The van der Waals surface area contributed by atoms with E-state index in [4.69, 9.17) is 25.8 Å². The molecule has 0 saturated heterocycles. The predicted octanol–water partition coefficient (Wildman–Crippen LogP) is 6.38. The maximum absolute atomic E-state index is 6.23. The van der Waals surface area contributed by atoms with Crippen molar-refractivity contribution in [3.63, 3.8) is 0 Å². The highest BCUT2D eigenvalue weighted by Crippen LogP contribution is 2.37. The Kier molecular flexibility index (Phi) is 11.5. The van der Waals surface area contributed by atoms with E-state index < -0.39 is 0 Å². The Morgan fingerprint density at radius 3 is 2.59 bits per heavy atom. The van der Waals surface area contributed by atoms with Gasteiger partial charge >= 0.3 is 0 Å². The monoisotopic (exact) mass is 483 g/mol. The van der Waals surface area contributed by atoms with Crippen molar-refractivity contribution in [2.45, 2.75) is 46.3 Å². The van der Waals surface area contributed by atoms with Crippen LogP contribution in [0.15, 0.2) is 40.9 Å². The van der Waals surface area contributed by atoms with Crippen LogP contribution in [0.2, 0.25) is 5.02 Å². The number of benzene rings is 2. The first-order chi connectivity index (χ1) is 14.2. The van der Waals surface area contributed by atoms with Crippen LogP contribution in [-0.2, 0) is 17.9 Å². The molecule has 2 rings (SSSR count). The topological polar surface area (TPSA) is 39.7 Å². The van der Waals surface area contributed by atoms with Crippen LogP contribution < -0.4 is 14.8 Å². The van der Waals surface area contributed by atoms with Crippen LogP contribution in [-0.4, -0.2) is 26.4 Å². The zero-order chi connectivity index (χ0) is 20.9. The van der Waals surface area contributed by atoms with Gasteiger partial charge in [-0.25, -0.2) is 0 Å². The zero-order valence-electron chi connectivity index (χ0n) is 17.3. The zero-order valence-corrected chi connectivity index (χ0v) is 19.7. The third-order valence-corrected chi connectivity index (χ3v) is 5.27. The number of ether oxygens (including phenoxy) is 3. The normalized spacial score (nSPS) is 10.9. The SMILES string of the molecule is CCCCOCCCNCc1cc(Br)c(OCc2ccccc2Cl)c(OCC)c1. The molecule has 0 aliphatic rings. The summed E-state index contributed by atoms with van der Waals surface area (Å²) in [6, 6.07) is 11.8. The van der Waals surface area contributed by atoms with Gasteiger partial charge in [-0.1, -0.05) is 43.1 Å². The van der Waals surface area contributed by atoms with E-state index >= 15 is 0 Å². The summed E-state index contributed by atoms with van der Waals surface area (Å²) < 4.78 is 18.3. The summed E-state index contributed by atoms with van der Waals surface area (Å²) in [7, 11) is 0. The fraction of sp³-hybridized carbons (Fsp3) is 0.478. The predicted molar refractivity (Wildman–Crippen MR) is 123 cm³/mol. The molecule has 0 radical (unpaired) electrons. The largest absolute Gasteiger partial charge is 0.490 e. The fourth-order valence-electron chi connectivity index (χ4n) is 2.77. The Balaban J connectivity index is 1.90. The number of halogens is 2. The molecule has 0 aliphatic heterocycles. The lowest BCUT2D eigenvalue weighted by atomic mass is 10.2. The maximum Gasteiger partial charge on any atom is 0.175 e. The highest BCUT2D eigenvalue weighted by molar-refractivity contribution is 9.10. The van der Waals surface area contributed by atoms with Gasteiger partial charge in [0, 0.05) is 30.3 Å². The lowest BCUT2D eigenvalue weighted by Crippen LogP contribution is -2.16. The Morgan fingerprint density at radius 2 is 1.83 bits per heavy atom. The molecule has 0 spiro atoms. The van der Waals surface area contributed by atoms with E-state index in [0.29, 0.717) is 24.0 Å². The second-order valence-electron chi connectivity index (χ2n) is 6.71. The quantitative estimate of drug-likeness (QED) is 0.316. The molecule has 6 heteroatoms. The van der Waals surface area contributed by atoms with E-state index in [0.717, 1.165) is 60.5 Å². The van der Waals surface area contributed by atoms with Crippen LogP contribution in [0, 0.1) is 0 Å². The molecule has 0 aliphatic carbocycles. The molecule has 0 atom stereocenters. The highest BCUT2D eigenvalue weighted by atomic mass is 79.9. The van der Waals surface area contributed by atoms with Gasteiger partial charge < -0.3 is 19.5 Å². The van der Waals surface area contributed by atoms with E-state index in [2.05, 4.69) is 34.2 Å². The van der Waals surface area contributed by atoms with Crippen molar-refractivity contribution in [2.75, 3.05) is 26.4 Å². The third-order valence-electron chi connectivity index (χ3n) is 4.31. The number of hydrogen-bond acceptors (Lipinski definition) is 4. The summed E-state index contributed by atoms with van der Waals surface area (Å²) >= 11 is 9.87. The smallest absolute Gasteiger partial charge is 0.175 e. The minimum Gasteiger partial charge on any atom is -0.490 e. The van der Waals surface area contributed by atoms with Crippen molar-refractivity contribution in [1.82, 2.24) is 5.32 Å². The minimum absolute atomic E-state index is 0.383. The van der Waals surface area contributed by atoms with Gasteiger partial charge in [0.05, 0.1) is 11.1 Å². The summed E-state index contributed by atoms with van der Waals surface area (Å²) in [5.74, 6) is 1.42. The van der Waals surface area contributed by atoms with Crippen molar-refractivity contribution in [3.05, 3.63) is 57.0 Å². The van der Waals surface area contributed by atoms with Crippen LogP contribution in [0.5, 0.6) is 11.5 Å². The van der Waals surface area contributed by atoms with Crippen LogP contribution in [0.3, 0.4) is 0 Å². The molecule has 2 aromatic carbocycles. The summed E-state index contributed by atoms with van der Waals surface area (Å²) in [6.07, 6.45) is 3.31. The van der Waals surface area contributed by atoms with Gasteiger partial charge in [0.25, 0.3) is 0 Å². The van der Waals surface area contributed by atoms with Crippen LogP contribution in [0.1, 0.15) is 44.2 Å². The Morgan fingerprint density at radius 1 is 1.03 bits per heavy atom. The molecular formula is C23H31BrClNO3. The van der Waals surface area contributed by atoms with Gasteiger partial charge in [-0.05, 0) is 66.0 Å². The standard InChI is InChI=1S/C23H31BrClNO3/c1-3-5-12-27-13-8-11-26-16-18-14-20(24)23(22(15-18)28-4-2)29-17-19-9-6-7-10-21(19)25/h6-7,9-10,14-15,26H,3-5,8,11-13,16-17H2,1-2H3. The molecule has 0 bridgehead atoms. The van der Waals surface area contributed by atoms with Crippen molar-refractivity contribution < 1.29 is 14.2 Å². The molecule has 4 nitrogen and oxygen atoms in total. The van der Waals surface area contributed by atoms with Crippen molar-refractivity contribution in [1.29, 1.82) is 0 Å². The average Bonchev–Trinajstić information content (AvgIpc) is 2.71. The van der Waals surface area contributed by atoms with Gasteiger partial charge in [-0.15, -0.1) is 0 Å². The van der Waals surface area contributed by atoms with E-state index in [1.807, 2.05) is 37.3 Å².